The third-order valence-corrected chi connectivity index (χ3v) is 1.13. The molecule has 0 radical (unpaired) electrons. The first-order chi connectivity index (χ1) is 3.84. The molecule has 0 amide bonds. The molecule has 0 saturated carbocycles. The number of aromatic nitrogens is 2. The van der Waals surface area contributed by atoms with Gasteiger partial charge in [0.05, 0.1) is 12.0 Å². The lowest BCUT2D eigenvalue weighted by Gasteiger charge is -1.93. The first kappa shape index (κ1) is 8.46. The van der Waals surface area contributed by atoms with E-state index in [1.807, 2.05) is 11.6 Å². The van der Waals surface area contributed by atoms with Gasteiger partial charge in [0.25, 0.3) is 0 Å². The largest absolute Gasteiger partial charge is 0.337 e. The third kappa shape index (κ3) is 1.69. The topological polar surface area (TPSA) is 43.8 Å². The highest BCUT2D eigenvalue weighted by Gasteiger charge is 1.90. The van der Waals surface area contributed by atoms with Gasteiger partial charge < -0.3 is 10.3 Å². The summed E-state index contributed by atoms with van der Waals surface area (Å²) in [4.78, 5) is 3.88. The Labute approximate surface area is 60.3 Å². The van der Waals surface area contributed by atoms with Crippen LogP contribution in [-0.4, -0.2) is 9.55 Å². The van der Waals surface area contributed by atoms with Crippen molar-refractivity contribution in [1.29, 1.82) is 0 Å². The summed E-state index contributed by atoms with van der Waals surface area (Å²) in [7, 11) is 1.93. The Balaban J connectivity index is 0.000000640. The second kappa shape index (κ2) is 3.48. The van der Waals surface area contributed by atoms with E-state index in [0.29, 0.717) is 6.54 Å². The second-order valence-electron chi connectivity index (χ2n) is 1.70. The van der Waals surface area contributed by atoms with Gasteiger partial charge in [-0.25, -0.2) is 4.98 Å². The van der Waals surface area contributed by atoms with E-state index in [9.17, 15) is 0 Å². The monoisotopic (exact) mass is 147 g/mol. The van der Waals surface area contributed by atoms with Crippen molar-refractivity contribution in [3.63, 3.8) is 0 Å². The minimum absolute atomic E-state index is 0. The molecule has 0 spiro atoms. The highest BCUT2D eigenvalue weighted by atomic mass is 35.5. The van der Waals surface area contributed by atoms with Crippen LogP contribution in [0.25, 0.3) is 0 Å². The van der Waals surface area contributed by atoms with Crippen molar-refractivity contribution in [3.8, 4) is 0 Å². The molecule has 2 N–H and O–H groups in total. The van der Waals surface area contributed by atoms with Crippen molar-refractivity contribution in [1.82, 2.24) is 9.55 Å². The minimum Gasteiger partial charge on any atom is -0.337 e. The van der Waals surface area contributed by atoms with Gasteiger partial charge >= 0.3 is 0 Å². The van der Waals surface area contributed by atoms with Crippen molar-refractivity contribution in [2.24, 2.45) is 12.8 Å². The van der Waals surface area contributed by atoms with Crippen LogP contribution < -0.4 is 5.73 Å². The zero-order valence-corrected chi connectivity index (χ0v) is 6.06. The third-order valence-electron chi connectivity index (χ3n) is 1.13. The summed E-state index contributed by atoms with van der Waals surface area (Å²) < 4.78 is 1.90. The van der Waals surface area contributed by atoms with Crippen molar-refractivity contribution < 1.29 is 0 Å². The fourth-order valence-corrected chi connectivity index (χ4v) is 0.581. The van der Waals surface area contributed by atoms with E-state index in [1.54, 1.807) is 12.5 Å². The van der Waals surface area contributed by atoms with Crippen molar-refractivity contribution in [2.75, 3.05) is 0 Å². The number of nitrogens with two attached hydrogens (primary N) is 1. The molecular formula is C5H10ClN3. The predicted octanol–water partition coefficient (Wildman–Crippen LogP) is 0.301. The molecule has 0 atom stereocenters. The predicted molar refractivity (Wildman–Crippen MR) is 38.3 cm³/mol. The Morgan fingerprint density at radius 1 is 1.78 bits per heavy atom. The number of halogens is 1. The highest BCUT2D eigenvalue weighted by molar-refractivity contribution is 5.85. The zero-order valence-electron chi connectivity index (χ0n) is 5.24. The lowest BCUT2D eigenvalue weighted by molar-refractivity contribution is 0.820. The van der Waals surface area contributed by atoms with Crippen LogP contribution in [0.2, 0.25) is 0 Å². The number of nitrogens with zero attached hydrogens (tertiary/aromatic N) is 2. The summed E-state index contributed by atoms with van der Waals surface area (Å²) in [6.07, 6.45) is 3.50. The van der Waals surface area contributed by atoms with Crippen LogP contribution >= 0.6 is 12.4 Å². The average Bonchev–Trinajstić information content (AvgIpc) is 2.14. The number of hydrogen-bond acceptors (Lipinski definition) is 2. The molecule has 1 rings (SSSR count). The van der Waals surface area contributed by atoms with Crippen molar-refractivity contribution >= 4 is 12.4 Å². The van der Waals surface area contributed by atoms with Crippen molar-refractivity contribution in [2.45, 2.75) is 6.54 Å². The summed E-state index contributed by atoms with van der Waals surface area (Å²) in [5.41, 5.74) is 6.39. The molecule has 0 aliphatic carbocycles. The van der Waals surface area contributed by atoms with Crippen molar-refractivity contribution in [3.05, 3.63) is 18.2 Å². The number of aryl methyl sites for hydroxylation is 1. The van der Waals surface area contributed by atoms with Crippen LogP contribution in [0.5, 0.6) is 0 Å². The van der Waals surface area contributed by atoms with Gasteiger partial charge in [0.1, 0.15) is 0 Å². The quantitative estimate of drug-likeness (QED) is 0.621. The molecule has 0 bridgehead atoms. The van der Waals surface area contributed by atoms with Gasteiger partial charge in [0, 0.05) is 19.8 Å². The van der Waals surface area contributed by atoms with Crippen LogP contribution in [0.15, 0.2) is 12.5 Å². The van der Waals surface area contributed by atoms with Crippen LogP contribution in [-0.2, 0) is 13.6 Å². The molecule has 0 aliphatic rings. The fourth-order valence-electron chi connectivity index (χ4n) is 0.581. The summed E-state index contributed by atoms with van der Waals surface area (Å²) in [5.74, 6) is 0. The number of imidazole rings is 1. The maximum atomic E-state index is 5.33. The Morgan fingerprint density at radius 3 is 2.67 bits per heavy atom. The van der Waals surface area contributed by atoms with E-state index in [-0.39, 0.29) is 12.4 Å². The Hall–Kier alpha value is -0.540. The van der Waals surface area contributed by atoms with E-state index in [0.717, 1.165) is 5.69 Å². The van der Waals surface area contributed by atoms with E-state index in [1.165, 1.54) is 0 Å². The van der Waals surface area contributed by atoms with Crippen LogP contribution in [0, 0.1) is 0 Å². The van der Waals surface area contributed by atoms with E-state index < -0.39 is 0 Å². The maximum absolute atomic E-state index is 5.33. The van der Waals surface area contributed by atoms with E-state index in [4.69, 9.17) is 5.73 Å². The van der Waals surface area contributed by atoms with Gasteiger partial charge in [-0.15, -0.1) is 12.4 Å². The maximum Gasteiger partial charge on any atom is 0.0945 e. The van der Waals surface area contributed by atoms with Crippen LogP contribution in [0.4, 0.5) is 0 Å². The highest BCUT2D eigenvalue weighted by Crippen LogP contribution is 1.91. The molecule has 0 saturated heterocycles. The molecule has 0 aliphatic heterocycles. The molecule has 3 nitrogen and oxygen atoms in total. The molecule has 0 aromatic carbocycles. The van der Waals surface area contributed by atoms with Gasteiger partial charge in [0.2, 0.25) is 0 Å². The molecule has 1 aromatic heterocycles. The molecule has 9 heavy (non-hydrogen) atoms. The summed E-state index contributed by atoms with van der Waals surface area (Å²) in [6.45, 7) is 0.566. The average molecular weight is 148 g/mol. The second-order valence-corrected chi connectivity index (χ2v) is 1.70. The molecule has 1 heterocycles. The first-order valence-electron chi connectivity index (χ1n) is 2.50. The molecule has 1 aromatic rings. The molecule has 0 fully saturated rings. The van der Waals surface area contributed by atoms with Gasteiger partial charge in [-0.2, -0.15) is 0 Å². The molecule has 0 unspecified atom stereocenters. The summed E-state index contributed by atoms with van der Waals surface area (Å²) >= 11 is 0. The van der Waals surface area contributed by atoms with Gasteiger partial charge in [-0.1, -0.05) is 0 Å². The lowest BCUT2D eigenvalue weighted by Crippen LogP contribution is -2.01. The molecule has 4 heteroatoms. The summed E-state index contributed by atoms with van der Waals surface area (Å²) in [5, 5.41) is 0. The normalized spacial score (nSPS) is 8.67. The lowest BCUT2D eigenvalue weighted by atomic mass is 10.5. The van der Waals surface area contributed by atoms with Crippen LogP contribution in [0.3, 0.4) is 0 Å². The fraction of sp³-hybridized carbons (Fsp3) is 0.400. The van der Waals surface area contributed by atoms with E-state index >= 15 is 0 Å². The smallest absolute Gasteiger partial charge is 0.0945 e. The number of hydrogen-bond donors (Lipinski definition) is 1. The standard InChI is InChI=1S/C5H9N3.ClH/c1-8-4-7-3-5(8)2-6;/h3-4H,2,6H2,1H3;1H. The van der Waals surface area contributed by atoms with Crippen LogP contribution in [0.1, 0.15) is 5.69 Å². The molecule has 52 valence electrons. The minimum atomic E-state index is 0. The Morgan fingerprint density at radius 2 is 2.44 bits per heavy atom. The number of rotatable bonds is 1. The Kier molecular flexibility index (Phi) is 3.27. The summed E-state index contributed by atoms with van der Waals surface area (Å²) in [6, 6.07) is 0. The van der Waals surface area contributed by atoms with Gasteiger partial charge in [-0.05, 0) is 0 Å². The van der Waals surface area contributed by atoms with Gasteiger partial charge in [0.15, 0.2) is 0 Å². The zero-order chi connectivity index (χ0) is 5.98. The Bertz CT molecular complexity index is 172. The first-order valence-corrected chi connectivity index (χ1v) is 2.50. The van der Waals surface area contributed by atoms with Gasteiger partial charge in [-0.3, -0.25) is 0 Å². The SMILES string of the molecule is Cl.Cn1cncc1CN. The molecular weight excluding hydrogens is 138 g/mol. The van der Waals surface area contributed by atoms with E-state index in [2.05, 4.69) is 4.98 Å².